The number of hydrogen-bond acceptors (Lipinski definition) is 5. The van der Waals surface area contributed by atoms with E-state index in [1.165, 1.54) is 0 Å². The summed E-state index contributed by atoms with van der Waals surface area (Å²) in [5.41, 5.74) is 6.67. The molecular formula is C13H13BrN4O2. The first kappa shape index (κ1) is 14.3. The fourth-order valence-electron chi connectivity index (χ4n) is 1.46. The summed E-state index contributed by atoms with van der Waals surface area (Å²) < 4.78 is 5.71. The van der Waals surface area contributed by atoms with Gasteiger partial charge in [0.25, 0.3) is 0 Å². The van der Waals surface area contributed by atoms with Gasteiger partial charge in [0.15, 0.2) is 5.82 Å². The lowest BCUT2D eigenvalue weighted by molar-refractivity contribution is 0.154. The van der Waals surface area contributed by atoms with Gasteiger partial charge in [0.2, 0.25) is 0 Å². The van der Waals surface area contributed by atoms with Crippen LogP contribution >= 0.6 is 15.9 Å². The summed E-state index contributed by atoms with van der Waals surface area (Å²) in [7, 11) is 0. The molecule has 6 nitrogen and oxygen atoms in total. The number of halogens is 1. The fourth-order valence-corrected chi connectivity index (χ4v) is 1.72. The van der Waals surface area contributed by atoms with Crippen molar-refractivity contribution in [3.05, 3.63) is 40.9 Å². The highest BCUT2D eigenvalue weighted by Crippen LogP contribution is 2.19. The Morgan fingerprint density at radius 3 is 2.55 bits per heavy atom. The largest absolute Gasteiger partial charge is 0.449 e. The number of carbonyl (C=O) groups is 1. The number of hydrogen-bond donors (Lipinski definition) is 2. The predicted molar refractivity (Wildman–Crippen MR) is 78.9 cm³/mol. The van der Waals surface area contributed by atoms with Gasteiger partial charge in [-0.1, -0.05) is 28.1 Å². The van der Waals surface area contributed by atoms with E-state index < -0.39 is 6.09 Å². The zero-order valence-corrected chi connectivity index (χ0v) is 12.3. The number of carbonyl (C=O) groups excluding carboxylic acids is 1. The Morgan fingerprint density at radius 1 is 1.20 bits per heavy atom. The topological polar surface area (TPSA) is 76.1 Å². The minimum Gasteiger partial charge on any atom is -0.449 e. The molecule has 0 aliphatic rings. The molecule has 0 spiro atoms. The summed E-state index contributed by atoms with van der Waals surface area (Å²) in [5, 5.41) is 8.05. The number of nitrogens with one attached hydrogen (secondary N) is 2. The van der Waals surface area contributed by atoms with Gasteiger partial charge in [0.05, 0.1) is 12.3 Å². The Bertz CT molecular complexity index is 572. The van der Waals surface area contributed by atoms with Crippen molar-refractivity contribution in [2.24, 2.45) is 0 Å². The molecule has 104 valence electrons. The first-order valence-electron chi connectivity index (χ1n) is 5.97. The van der Waals surface area contributed by atoms with Gasteiger partial charge in [0.1, 0.15) is 0 Å². The molecule has 0 unspecified atom stereocenters. The fraction of sp³-hybridized carbons (Fsp3) is 0.154. The summed E-state index contributed by atoms with van der Waals surface area (Å²) in [4.78, 5) is 11.1. The zero-order valence-electron chi connectivity index (χ0n) is 10.8. The molecular weight excluding hydrogens is 324 g/mol. The minimum atomic E-state index is -0.564. The first-order chi connectivity index (χ1) is 9.69. The molecule has 1 aromatic heterocycles. The van der Waals surface area contributed by atoms with Gasteiger partial charge in [-0.15, -0.1) is 10.2 Å². The maximum Gasteiger partial charge on any atom is 0.425 e. The molecule has 2 aromatic rings. The highest BCUT2D eigenvalue weighted by Gasteiger charge is 2.03. The molecule has 0 aliphatic carbocycles. The quantitative estimate of drug-likeness (QED) is 0.839. The second-order valence-electron chi connectivity index (χ2n) is 3.78. The van der Waals surface area contributed by atoms with Gasteiger partial charge in [-0.25, -0.2) is 10.2 Å². The maximum absolute atomic E-state index is 11.1. The van der Waals surface area contributed by atoms with E-state index in [0.717, 1.165) is 15.7 Å². The highest BCUT2D eigenvalue weighted by atomic mass is 79.9. The Kier molecular flexibility index (Phi) is 4.89. The molecule has 0 saturated heterocycles. The lowest BCUT2D eigenvalue weighted by atomic mass is 10.1. The summed E-state index contributed by atoms with van der Waals surface area (Å²) >= 11 is 3.38. The molecule has 7 heteroatoms. The highest BCUT2D eigenvalue weighted by molar-refractivity contribution is 9.10. The van der Waals surface area contributed by atoms with Gasteiger partial charge in [-0.3, -0.25) is 5.43 Å². The van der Waals surface area contributed by atoms with Crippen LogP contribution in [0.3, 0.4) is 0 Å². The van der Waals surface area contributed by atoms with Crippen LogP contribution in [0.2, 0.25) is 0 Å². The number of nitrogens with zero attached hydrogens (tertiary/aromatic N) is 2. The van der Waals surface area contributed by atoms with Crippen molar-refractivity contribution in [2.45, 2.75) is 6.92 Å². The molecule has 0 saturated carbocycles. The third kappa shape index (κ3) is 3.92. The number of anilines is 1. The third-order valence-corrected chi connectivity index (χ3v) is 2.90. The molecule has 1 aromatic carbocycles. The molecule has 1 amide bonds. The monoisotopic (exact) mass is 336 g/mol. The molecule has 0 aliphatic heterocycles. The van der Waals surface area contributed by atoms with E-state index in [0.29, 0.717) is 12.4 Å². The second-order valence-corrected chi connectivity index (χ2v) is 4.70. The summed E-state index contributed by atoms with van der Waals surface area (Å²) in [6, 6.07) is 11.3. The molecule has 0 atom stereocenters. The predicted octanol–water partition coefficient (Wildman–Crippen LogP) is 2.98. The van der Waals surface area contributed by atoms with Crippen LogP contribution in [0.25, 0.3) is 11.3 Å². The molecule has 2 rings (SSSR count). The summed E-state index contributed by atoms with van der Waals surface area (Å²) in [6.45, 7) is 2.04. The van der Waals surface area contributed by atoms with Crippen LogP contribution in [0.5, 0.6) is 0 Å². The Hall–Kier alpha value is -2.15. The van der Waals surface area contributed by atoms with E-state index in [4.69, 9.17) is 4.74 Å². The van der Waals surface area contributed by atoms with Crippen LogP contribution in [0.4, 0.5) is 10.6 Å². The van der Waals surface area contributed by atoms with Crippen molar-refractivity contribution in [1.82, 2.24) is 15.6 Å². The Balaban J connectivity index is 1.99. The van der Waals surface area contributed by atoms with Crippen molar-refractivity contribution in [3.8, 4) is 11.3 Å². The standard InChI is InChI=1S/C13H13BrN4O2/c1-2-20-13(19)18-17-12-8-7-11(15-16-12)9-3-5-10(14)6-4-9/h3-8H,2H2,1H3,(H,16,17)(H,18,19). The average Bonchev–Trinajstić information content (AvgIpc) is 2.47. The number of hydrazine groups is 1. The molecule has 20 heavy (non-hydrogen) atoms. The Labute approximate surface area is 124 Å². The maximum atomic E-state index is 11.1. The summed E-state index contributed by atoms with van der Waals surface area (Å²) in [5.74, 6) is 0.430. The molecule has 2 N–H and O–H groups in total. The van der Waals surface area contributed by atoms with Gasteiger partial charge in [-0.2, -0.15) is 0 Å². The Morgan fingerprint density at radius 2 is 1.95 bits per heavy atom. The lowest BCUT2D eigenvalue weighted by Gasteiger charge is -2.07. The molecule has 0 fully saturated rings. The van der Waals surface area contributed by atoms with Crippen LogP contribution in [0, 0.1) is 0 Å². The van der Waals surface area contributed by atoms with Crippen LogP contribution in [0.1, 0.15) is 6.92 Å². The first-order valence-corrected chi connectivity index (χ1v) is 6.77. The number of amides is 1. The van der Waals surface area contributed by atoms with Crippen molar-refractivity contribution in [2.75, 3.05) is 12.0 Å². The number of benzene rings is 1. The third-order valence-electron chi connectivity index (χ3n) is 2.37. The van der Waals surface area contributed by atoms with E-state index in [1.807, 2.05) is 30.3 Å². The van der Waals surface area contributed by atoms with E-state index in [1.54, 1.807) is 13.0 Å². The zero-order chi connectivity index (χ0) is 14.4. The normalized spacial score (nSPS) is 9.90. The van der Waals surface area contributed by atoms with Crippen molar-refractivity contribution in [1.29, 1.82) is 0 Å². The second kappa shape index (κ2) is 6.85. The molecule has 0 bridgehead atoms. The van der Waals surface area contributed by atoms with Crippen molar-refractivity contribution < 1.29 is 9.53 Å². The number of aromatic nitrogens is 2. The van der Waals surface area contributed by atoms with Gasteiger partial charge >= 0.3 is 6.09 Å². The summed E-state index contributed by atoms with van der Waals surface area (Å²) in [6.07, 6.45) is -0.564. The van der Waals surface area contributed by atoms with Crippen LogP contribution < -0.4 is 10.9 Å². The smallest absolute Gasteiger partial charge is 0.425 e. The SMILES string of the molecule is CCOC(=O)NNc1ccc(-c2ccc(Br)cc2)nn1. The van der Waals surface area contributed by atoms with E-state index in [9.17, 15) is 4.79 Å². The van der Waals surface area contributed by atoms with Gasteiger partial charge in [-0.05, 0) is 31.2 Å². The van der Waals surface area contributed by atoms with Gasteiger partial charge < -0.3 is 4.74 Å². The minimum absolute atomic E-state index is 0.307. The lowest BCUT2D eigenvalue weighted by Crippen LogP contribution is -2.30. The molecule has 0 radical (unpaired) electrons. The van der Waals surface area contributed by atoms with E-state index in [2.05, 4.69) is 37.0 Å². The van der Waals surface area contributed by atoms with Crippen LogP contribution in [0.15, 0.2) is 40.9 Å². The van der Waals surface area contributed by atoms with Crippen LogP contribution in [-0.4, -0.2) is 22.9 Å². The van der Waals surface area contributed by atoms with E-state index >= 15 is 0 Å². The van der Waals surface area contributed by atoms with Crippen molar-refractivity contribution in [3.63, 3.8) is 0 Å². The van der Waals surface area contributed by atoms with E-state index in [-0.39, 0.29) is 0 Å². The van der Waals surface area contributed by atoms with Crippen molar-refractivity contribution >= 4 is 27.8 Å². The van der Waals surface area contributed by atoms with Crippen LogP contribution in [-0.2, 0) is 4.74 Å². The average molecular weight is 337 g/mol. The number of ether oxygens (including phenoxy) is 1. The molecule has 1 heterocycles. The van der Waals surface area contributed by atoms with Gasteiger partial charge in [0, 0.05) is 10.0 Å². The number of rotatable bonds is 4.